The van der Waals surface area contributed by atoms with E-state index in [1.165, 1.54) is 23.9 Å². The number of hydrogen-bond acceptors (Lipinski definition) is 4. The van der Waals surface area contributed by atoms with Crippen LogP contribution >= 0.6 is 23.4 Å². The fourth-order valence-electron chi connectivity index (χ4n) is 1.97. The van der Waals surface area contributed by atoms with Gasteiger partial charge in [-0.25, -0.2) is 4.39 Å². The molecule has 1 atom stereocenters. The van der Waals surface area contributed by atoms with Gasteiger partial charge in [-0.15, -0.1) is 0 Å². The Hall–Kier alpha value is -1.77. The minimum atomic E-state index is -0.950. The van der Waals surface area contributed by atoms with Crippen LogP contribution in [0.25, 0.3) is 0 Å². The van der Waals surface area contributed by atoms with Crippen molar-refractivity contribution < 1.29 is 4.39 Å². The third kappa shape index (κ3) is 3.46. The first-order valence-corrected chi connectivity index (χ1v) is 7.92. The van der Waals surface area contributed by atoms with Gasteiger partial charge in [-0.2, -0.15) is 17.0 Å². The van der Waals surface area contributed by atoms with Crippen LogP contribution in [0.4, 0.5) is 10.1 Å². The molecule has 1 unspecified atom stereocenters. The maximum atomic E-state index is 13.2. The van der Waals surface area contributed by atoms with E-state index in [1.807, 2.05) is 12.3 Å². The van der Waals surface area contributed by atoms with Crippen LogP contribution in [0.3, 0.4) is 0 Å². The standard InChI is InChI=1S/C15H13ClFN3S/c1-21-10-15(9-18,11-3-2-6-19-8-11)20-12-4-5-14(17)13(16)7-12/h2-8,20H,10H2,1H3. The minimum absolute atomic E-state index is 0.0159. The molecular weight excluding hydrogens is 309 g/mol. The van der Waals surface area contributed by atoms with Gasteiger partial charge in [-0.3, -0.25) is 4.98 Å². The van der Waals surface area contributed by atoms with E-state index in [9.17, 15) is 9.65 Å². The van der Waals surface area contributed by atoms with E-state index in [1.54, 1.807) is 24.5 Å². The van der Waals surface area contributed by atoms with E-state index in [4.69, 9.17) is 11.6 Å². The van der Waals surface area contributed by atoms with Crippen molar-refractivity contribution in [3.05, 3.63) is 59.1 Å². The lowest BCUT2D eigenvalue weighted by atomic mass is 9.94. The summed E-state index contributed by atoms with van der Waals surface area (Å²) in [7, 11) is 0. The highest BCUT2D eigenvalue weighted by molar-refractivity contribution is 7.98. The predicted molar refractivity (Wildman–Crippen MR) is 84.9 cm³/mol. The van der Waals surface area contributed by atoms with Crippen LogP contribution in [-0.2, 0) is 5.54 Å². The van der Waals surface area contributed by atoms with Crippen LogP contribution < -0.4 is 5.32 Å². The van der Waals surface area contributed by atoms with E-state index in [0.29, 0.717) is 11.4 Å². The molecule has 0 saturated carbocycles. The Morgan fingerprint density at radius 1 is 1.48 bits per heavy atom. The number of nitrogens with zero attached hydrogens (tertiary/aromatic N) is 2. The summed E-state index contributed by atoms with van der Waals surface area (Å²) in [5.74, 6) is 0.0282. The average molecular weight is 322 g/mol. The zero-order chi connectivity index (χ0) is 15.3. The Balaban J connectivity index is 2.41. The summed E-state index contributed by atoms with van der Waals surface area (Å²) in [6.45, 7) is 0. The SMILES string of the molecule is CSCC(C#N)(Nc1ccc(F)c(Cl)c1)c1cccnc1. The van der Waals surface area contributed by atoms with Gasteiger partial charge in [-0.1, -0.05) is 17.7 Å². The average Bonchev–Trinajstić information content (AvgIpc) is 2.51. The fraction of sp³-hybridized carbons (Fsp3) is 0.200. The zero-order valence-corrected chi connectivity index (χ0v) is 12.9. The normalized spacial score (nSPS) is 13.2. The van der Waals surface area contributed by atoms with Crippen LogP contribution in [-0.4, -0.2) is 17.0 Å². The van der Waals surface area contributed by atoms with Crippen molar-refractivity contribution >= 4 is 29.1 Å². The molecule has 0 aliphatic carbocycles. The molecule has 0 bridgehead atoms. The van der Waals surface area contributed by atoms with Crippen LogP contribution in [0.1, 0.15) is 5.56 Å². The zero-order valence-electron chi connectivity index (χ0n) is 11.3. The van der Waals surface area contributed by atoms with E-state index in [0.717, 1.165) is 5.56 Å². The molecule has 0 fully saturated rings. The van der Waals surface area contributed by atoms with Crippen LogP contribution in [0.15, 0.2) is 42.7 Å². The van der Waals surface area contributed by atoms with Crippen LogP contribution in [0.2, 0.25) is 5.02 Å². The van der Waals surface area contributed by atoms with Crippen molar-refractivity contribution in [1.29, 1.82) is 5.26 Å². The molecule has 1 aromatic carbocycles. The number of anilines is 1. The number of nitrogens with one attached hydrogen (secondary N) is 1. The van der Waals surface area contributed by atoms with Gasteiger partial charge in [0.25, 0.3) is 0 Å². The number of nitriles is 1. The molecule has 0 spiro atoms. The molecule has 1 N–H and O–H groups in total. The molecule has 2 rings (SSSR count). The molecule has 0 aliphatic rings. The summed E-state index contributed by atoms with van der Waals surface area (Å²) in [4.78, 5) is 4.07. The lowest BCUT2D eigenvalue weighted by molar-refractivity contribution is 0.628. The quantitative estimate of drug-likeness (QED) is 0.902. The van der Waals surface area contributed by atoms with Gasteiger partial charge in [0.1, 0.15) is 5.82 Å². The van der Waals surface area contributed by atoms with Gasteiger partial charge in [0.15, 0.2) is 5.54 Å². The van der Waals surface area contributed by atoms with E-state index < -0.39 is 11.4 Å². The third-order valence-electron chi connectivity index (χ3n) is 2.98. The second-order valence-corrected chi connectivity index (χ2v) is 5.72. The Morgan fingerprint density at radius 2 is 2.29 bits per heavy atom. The fourth-order valence-corrected chi connectivity index (χ4v) is 2.89. The summed E-state index contributed by atoms with van der Waals surface area (Å²) in [5, 5.41) is 12.9. The molecule has 0 amide bonds. The summed E-state index contributed by atoms with van der Waals surface area (Å²) in [6, 6.07) is 10.2. The largest absolute Gasteiger partial charge is 0.363 e. The monoisotopic (exact) mass is 321 g/mol. The predicted octanol–water partition coefficient (Wildman–Crippen LogP) is 4.07. The number of halogens is 2. The van der Waals surface area contributed by atoms with Gasteiger partial charge < -0.3 is 5.32 Å². The topological polar surface area (TPSA) is 48.7 Å². The lowest BCUT2D eigenvalue weighted by Crippen LogP contribution is -2.36. The molecule has 0 radical (unpaired) electrons. The van der Waals surface area contributed by atoms with Gasteiger partial charge in [0, 0.05) is 29.4 Å². The number of hydrogen-bond donors (Lipinski definition) is 1. The van der Waals surface area contributed by atoms with Crippen LogP contribution in [0, 0.1) is 17.1 Å². The second-order valence-electron chi connectivity index (χ2n) is 4.45. The second kappa shape index (κ2) is 6.79. The molecule has 2 aromatic rings. The third-order valence-corrected chi connectivity index (χ3v) is 3.99. The van der Waals surface area contributed by atoms with Gasteiger partial charge >= 0.3 is 0 Å². The Kier molecular flexibility index (Phi) is 5.05. The molecule has 3 nitrogen and oxygen atoms in total. The van der Waals surface area contributed by atoms with Crippen molar-refractivity contribution in [2.24, 2.45) is 0 Å². The van der Waals surface area contributed by atoms with Gasteiger partial charge in [-0.05, 0) is 30.5 Å². The van der Waals surface area contributed by atoms with Crippen molar-refractivity contribution in [2.45, 2.75) is 5.54 Å². The first kappa shape index (κ1) is 15.6. The maximum Gasteiger partial charge on any atom is 0.161 e. The smallest absolute Gasteiger partial charge is 0.161 e. The van der Waals surface area contributed by atoms with Gasteiger partial charge in [0.05, 0.1) is 11.1 Å². The van der Waals surface area contributed by atoms with Crippen LogP contribution in [0.5, 0.6) is 0 Å². The summed E-state index contributed by atoms with van der Waals surface area (Å²) in [5.41, 5.74) is 0.387. The highest BCUT2D eigenvalue weighted by atomic mass is 35.5. The summed E-state index contributed by atoms with van der Waals surface area (Å²) in [6.07, 6.45) is 5.22. The van der Waals surface area contributed by atoms with Crippen molar-refractivity contribution in [1.82, 2.24) is 4.98 Å². The summed E-state index contributed by atoms with van der Waals surface area (Å²) >= 11 is 7.33. The molecular formula is C15H13ClFN3S. The molecule has 21 heavy (non-hydrogen) atoms. The van der Waals surface area contributed by atoms with E-state index >= 15 is 0 Å². The first-order valence-electron chi connectivity index (χ1n) is 6.15. The Labute approximate surface area is 132 Å². The highest BCUT2D eigenvalue weighted by Crippen LogP contribution is 2.30. The van der Waals surface area contributed by atoms with Gasteiger partial charge in [0.2, 0.25) is 0 Å². The van der Waals surface area contributed by atoms with Crippen molar-refractivity contribution in [2.75, 3.05) is 17.3 Å². The van der Waals surface area contributed by atoms with E-state index in [2.05, 4.69) is 16.4 Å². The number of aromatic nitrogens is 1. The Morgan fingerprint density at radius 3 is 2.86 bits per heavy atom. The van der Waals surface area contributed by atoms with E-state index in [-0.39, 0.29) is 5.02 Å². The molecule has 0 aliphatic heterocycles. The molecule has 0 saturated heterocycles. The first-order chi connectivity index (χ1) is 10.1. The number of pyridine rings is 1. The molecule has 108 valence electrons. The minimum Gasteiger partial charge on any atom is -0.363 e. The van der Waals surface area contributed by atoms with Crippen molar-refractivity contribution in [3.63, 3.8) is 0 Å². The highest BCUT2D eigenvalue weighted by Gasteiger charge is 2.32. The number of thioether (sulfide) groups is 1. The number of rotatable bonds is 5. The molecule has 6 heteroatoms. The lowest BCUT2D eigenvalue weighted by Gasteiger charge is -2.28. The van der Waals surface area contributed by atoms with Crippen molar-refractivity contribution in [3.8, 4) is 6.07 Å². The Bertz CT molecular complexity index is 660. The maximum absolute atomic E-state index is 13.2. The summed E-state index contributed by atoms with van der Waals surface area (Å²) < 4.78 is 13.2. The molecule has 1 heterocycles. The number of benzene rings is 1. The molecule has 1 aromatic heterocycles.